The topological polar surface area (TPSA) is 65.7 Å². The molecule has 0 amide bonds. The van der Waals surface area contributed by atoms with E-state index < -0.39 is 11.1 Å². The molecule has 4 nitrogen and oxygen atoms in total. The summed E-state index contributed by atoms with van der Waals surface area (Å²) in [4.78, 5) is 28.0. The van der Waals surface area contributed by atoms with Crippen LogP contribution in [0.2, 0.25) is 0 Å². The molecular formula is C14H17BrN2O2. The Hall–Kier alpha value is -1.36. The molecule has 0 aliphatic heterocycles. The predicted molar refractivity (Wildman–Crippen MR) is 80.9 cm³/mol. The largest absolute Gasteiger partial charge is 0.316 e. The molecule has 0 spiro atoms. The van der Waals surface area contributed by atoms with E-state index in [1.165, 1.54) is 0 Å². The summed E-state index contributed by atoms with van der Waals surface area (Å²) in [5, 5.41) is 0. The third-order valence-corrected chi connectivity index (χ3v) is 4.74. The van der Waals surface area contributed by atoms with Gasteiger partial charge in [0.25, 0.3) is 0 Å². The van der Waals surface area contributed by atoms with E-state index in [0.29, 0.717) is 17.0 Å². The normalized spacial score (nSPS) is 14.5. The molecule has 2 rings (SSSR count). The third kappa shape index (κ3) is 2.97. The van der Waals surface area contributed by atoms with Crippen molar-refractivity contribution in [3.8, 4) is 0 Å². The number of nitrogens with one attached hydrogen (secondary N) is 2. The number of fused-ring (bicyclic) bond motifs is 1. The maximum atomic E-state index is 11.3. The minimum atomic E-state index is -0.616. The third-order valence-electron chi connectivity index (χ3n) is 3.31. The Balaban J connectivity index is 2.44. The lowest BCUT2D eigenvalue weighted by Gasteiger charge is -2.18. The molecule has 1 aromatic carbocycles. The van der Waals surface area contributed by atoms with Crippen LogP contribution >= 0.6 is 15.9 Å². The molecule has 2 atom stereocenters. The Kier molecular flexibility index (Phi) is 4.24. The zero-order valence-electron chi connectivity index (χ0n) is 11.0. The molecule has 2 aromatic rings. The lowest BCUT2D eigenvalue weighted by Crippen LogP contribution is -2.28. The maximum Gasteiger partial charge on any atom is 0.314 e. The van der Waals surface area contributed by atoms with Crippen LogP contribution in [0.1, 0.15) is 37.1 Å². The van der Waals surface area contributed by atoms with Crippen LogP contribution < -0.4 is 11.1 Å². The summed E-state index contributed by atoms with van der Waals surface area (Å²) >= 11 is 3.71. The van der Waals surface area contributed by atoms with Crippen molar-refractivity contribution in [3.63, 3.8) is 0 Å². The van der Waals surface area contributed by atoms with Crippen LogP contribution in [0.15, 0.2) is 27.8 Å². The maximum absolute atomic E-state index is 11.3. The number of aromatic nitrogens is 2. The number of benzene rings is 1. The van der Waals surface area contributed by atoms with Gasteiger partial charge in [-0.15, -0.1) is 0 Å². The highest BCUT2D eigenvalue weighted by Gasteiger charge is 2.16. The number of rotatable bonds is 4. The van der Waals surface area contributed by atoms with E-state index in [2.05, 4.69) is 39.7 Å². The number of hydrogen-bond donors (Lipinski definition) is 2. The molecule has 1 heterocycles. The number of halogens is 1. The minimum Gasteiger partial charge on any atom is -0.316 e. The van der Waals surface area contributed by atoms with Gasteiger partial charge in [0, 0.05) is 4.83 Å². The van der Waals surface area contributed by atoms with Gasteiger partial charge in [0.2, 0.25) is 0 Å². The van der Waals surface area contributed by atoms with Crippen LogP contribution in [-0.2, 0) is 0 Å². The fourth-order valence-electron chi connectivity index (χ4n) is 2.23. The van der Waals surface area contributed by atoms with Crippen molar-refractivity contribution in [1.29, 1.82) is 0 Å². The Morgan fingerprint density at radius 2 is 1.79 bits per heavy atom. The van der Waals surface area contributed by atoms with Crippen molar-refractivity contribution in [2.45, 2.75) is 31.5 Å². The van der Waals surface area contributed by atoms with Gasteiger partial charge in [-0.1, -0.05) is 42.3 Å². The lowest BCUT2D eigenvalue weighted by atomic mass is 9.96. The standard InChI is InChI=1S/C14H17BrN2O2/c1-3-4-8(2)12(15)9-5-6-10-11(7-9)17-14(19)13(18)16-10/h5-8,12H,3-4H2,1-2H3,(H,16,18)(H,17,19). The molecule has 0 fully saturated rings. The van der Waals surface area contributed by atoms with Gasteiger partial charge in [0.1, 0.15) is 0 Å². The number of alkyl halides is 1. The second kappa shape index (κ2) is 5.74. The minimum absolute atomic E-state index is 0.243. The van der Waals surface area contributed by atoms with Gasteiger partial charge in [0.15, 0.2) is 0 Å². The Labute approximate surface area is 119 Å². The van der Waals surface area contributed by atoms with Crippen molar-refractivity contribution >= 4 is 27.0 Å². The van der Waals surface area contributed by atoms with E-state index in [4.69, 9.17) is 0 Å². The van der Waals surface area contributed by atoms with E-state index in [1.807, 2.05) is 18.2 Å². The molecule has 0 aliphatic carbocycles. The number of aromatic amines is 2. The molecular weight excluding hydrogens is 308 g/mol. The summed E-state index contributed by atoms with van der Waals surface area (Å²) in [5.74, 6) is 0.511. The fourth-order valence-corrected chi connectivity index (χ4v) is 2.78. The van der Waals surface area contributed by atoms with Crippen molar-refractivity contribution in [2.75, 3.05) is 0 Å². The highest BCUT2D eigenvalue weighted by Crippen LogP contribution is 2.34. The smallest absolute Gasteiger partial charge is 0.314 e. The highest BCUT2D eigenvalue weighted by molar-refractivity contribution is 9.09. The Bertz CT molecular complexity index is 690. The first-order valence-electron chi connectivity index (χ1n) is 6.43. The van der Waals surface area contributed by atoms with E-state index in [1.54, 1.807) is 0 Å². The van der Waals surface area contributed by atoms with Crippen LogP contribution in [0.5, 0.6) is 0 Å². The second-order valence-electron chi connectivity index (χ2n) is 4.88. The van der Waals surface area contributed by atoms with E-state index >= 15 is 0 Å². The Morgan fingerprint density at radius 3 is 2.42 bits per heavy atom. The first-order chi connectivity index (χ1) is 9.02. The molecule has 0 saturated heterocycles. The highest BCUT2D eigenvalue weighted by atomic mass is 79.9. The van der Waals surface area contributed by atoms with Crippen LogP contribution in [-0.4, -0.2) is 9.97 Å². The summed E-state index contributed by atoms with van der Waals surface area (Å²) in [6, 6.07) is 5.72. The van der Waals surface area contributed by atoms with Gasteiger partial charge in [0.05, 0.1) is 11.0 Å². The summed E-state index contributed by atoms with van der Waals surface area (Å²) in [6.07, 6.45) is 2.27. The summed E-state index contributed by atoms with van der Waals surface area (Å²) < 4.78 is 0. The average Bonchev–Trinajstić information content (AvgIpc) is 2.39. The van der Waals surface area contributed by atoms with Gasteiger partial charge < -0.3 is 9.97 Å². The quantitative estimate of drug-likeness (QED) is 0.670. The summed E-state index contributed by atoms with van der Waals surface area (Å²) in [5.41, 5.74) is 1.19. The summed E-state index contributed by atoms with van der Waals surface area (Å²) in [7, 11) is 0. The van der Waals surface area contributed by atoms with E-state index in [9.17, 15) is 9.59 Å². The van der Waals surface area contributed by atoms with Crippen molar-refractivity contribution in [1.82, 2.24) is 9.97 Å². The zero-order chi connectivity index (χ0) is 14.0. The molecule has 5 heteroatoms. The predicted octanol–water partition coefficient (Wildman–Crippen LogP) is 3.09. The van der Waals surface area contributed by atoms with Crippen LogP contribution in [0, 0.1) is 5.92 Å². The monoisotopic (exact) mass is 324 g/mol. The average molecular weight is 325 g/mol. The van der Waals surface area contributed by atoms with E-state index in [-0.39, 0.29) is 4.83 Å². The molecule has 0 saturated carbocycles. The van der Waals surface area contributed by atoms with Crippen LogP contribution in [0.4, 0.5) is 0 Å². The molecule has 2 unspecified atom stereocenters. The van der Waals surface area contributed by atoms with Gasteiger partial charge in [-0.25, -0.2) is 0 Å². The van der Waals surface area contributed by atoms with Crippen molar-refractivity contribution in [2.24, 2.45) is 5.92 Å². The van der Waals surface area contributed by atoms with Gasteiger partial charge in [-0.2, -0.15) is 0 Å². The zero-order valence-corrected chi connectivity index (χ0v) is 12.6. The first kappa shape index (κ1) is 14.1. The number of hydrogen-bond acceptors (Lipinski definition) is 2. The van der Waals surface area contributed by atoms with Gasteiger partial charge >= 0.3 is 11.1 Å². The van der Waals surface area contributed by atoms with Crippen LogP contribution in [0.3, 0.4) is 0 Å². The molecule has 102 valence electrons. The first-order valence-corrected chi connectivity index (χ1v) is 7.34. The molecule has 0 bridgehead atoms. The fraction of sp³-hybridized carbons (Fsp3) is 0.429. The number of H-pyrrole nitrogens is 2. The van der Waals surface area contributed by atoms with E-state index in [0.717, 1.165) is 18.4 Å². The van der Waals surface area contributed by atoms with Gasteiger partial charge in [-0.3, -0.25) is 9.59 Å². The molecule has 0 aliphatic rings. The SMILES string of the molecule is CCCC(C)C(Br)c1ccc2[nH]c(=O)c(=O)[nH]c2c1. The second-order valence-corrected chi connectivity index (χ2v) is 5.87. The molecule has 19 heavy (non-hydrogen) atoms. The van der Waals surface area contributed by atoms with Gasteiger partial charge in [-0.05, 0) is 30.0 Å². The Morgan fingerprint density at radius 1 is 1.16 bits per heavy atom. The van der Waals surface area contributed by atoms with Crippen molar-refractivity contribution in [3.05, 3.63) is 44.5 Å². The lowest BCUT2D eigenvalue weighted by molar-refractivity contribution is 0.519. The molecule has 2 N–H and O–H groups in total. The summed E-state index contributed by atoms with van der Waals surface area (Å²) in [6.45, 7) is 4.36. The van der Waals surface area contributed by atoms with Crippen LogP contribution in [0.25, 0.3) is 11.0 Å². The molecule has 1 aromatic heterocycles. The molecule has 0 radical (unpaired) electrons. The van der Waals surface area contributed by atoms with Crippen molar-refractivity contribution < 1.29 is 0 Å².